The lowest BCUT2D eigenvalue weighted by Crippen LogP contribution is -2.33. The van der Waals surface area contributed by atoms with Crippen molar-refractivity contribution < 1.29 is 14.3 Å². The number of imide groups is 1. The molecule has 3 rings (SSSR count). The van der Waals surface area contributed by atoms with E-state index in [0.29, 0.717) is 35.0 Å². The lowest BCUT2D eigenvalue weighted by atomic mass is 10.2. The Morgan fingerprint density at radius 3 is 2.68 bits per heavy atom. The average Bonchev–Trinajstić information content (AvgIpc) is 3.19. The molecule has 1 aromatic carbocycles. The second kappa shape index (κ2) is 7.29. The highest BCUT2D eigenvalue weighted by molar-refractivity contribution is 7.11. The molecule has 5 nitrogen and oxygen atoms in total. The van der Waals surface area contributed by atoms with Gasteiger partial charge in [-0.2, -0.15) is 0 Å². The maximum absolute atomic E-state index is 12.8. The van der Waals surface area contributed by atoms with Crippen LogP contribution in [0.5, 0.6) is 5.75 Å². The predicted molar refractivity (Wildman–Crippen MR) is 99.9 cm³/mol. The number of benzene rings is 1. The van der Waals surface area contributed by atoms with Gasteiger partial charge in [0.1, 0.15) is 11.4 Å². The van der Waals surface area contributed by atoms with Crippen LogP contribution in [0.4, 0.5) is 5.69 Å². The lowest BCUT2D eigenvalue weighted by molar-refractivity contribution is -0.136. The van der Waals surface area contributed by atoms with Gasteiger partial charge in [0.15, 0.2) is 0 Å². The van der Waals surface area contributed by atoms with Crippen molar-refractivity contribution in [2.75, 3.05) is 19.0 Å². The van der Waals surface area contributed by atoms with Crippen LogP contribution in [0.15, 0.2) is 41.4 Å². The first-order valence-electron chi connectivity index (χ1n) is 7.81. The van der Waals surface area contributed by atoms with Crippen LogP contribution >= 0.6 is 22.9 Å². The standard InChI is InChI=1S/C18H17ClN2O3S/c1-3-8-21-17(22)15(14-5-4-9-25-14)16(18(21)23)20-12-10-11(19)6-7-13(12)24-2/h4-7,9-10,20H,3,8H2,1-2H3. The number of rotatable bonds is 6. The Morgan fingerprint density at radius 1 is 1.24 bits per heavy atom. The number of methoxy groups -OCH3 is 1. The first-order chi connectivity index (χ1) is 12.1. The average molecular weight is 377 g/mol. The molecular formula is C18H17ClN2O3S. The molecule has 1 N–H and O–H groups in total. The maximum Gasteiger partial charge on any atom is 0.278 e. The first kappa shape index (κ1) is 17.5. The zero-order chi connectivity index (χ0) is 18.0. The molecule has 2 aromatic rings. The fourth-order valence-corrected chi connectivity index (χ4v) is 3.62. The smallest absolute Gasteiger partial charge is 0.278 e. The van der Waals surface area contributed by atoms with Crippen LogP contribution in [0.3, 0.4) is 0 Å². The number of ether oxygens (including phenoxy) is 1. The number of halogens is 1. The lowest BCUT2D eigenvalue weighted by Gasteiger charge is -2.15. The van der Waals surface area contributed by atoms with Crippen LogP contribution in [0.25, 0.3) is 5.57 Å². The van der Waals surface area contributed by atoms with Crippen molar-refractivity contribution in [1.29, 1.82) is 0 Å². The molecule has 1 aliphatic heterocycles. The SMILES string of the molecule is CCCN1C(=O)C(Nc2cc(Cl)ccc2OC)=C(c2cccs2)C1=O. The third-order valence-corrected chi connectivity index (χ3v) is 4.93. The summed E-state index contributed by atoms with van der Waals surface area (Å²) in [5.74, 6) is -0.0771. The summed E-state index contributed by atoms with van der Waals surface area (Å²) >= 11 is 7.49. The molecule has 0 spiro atoms. The zero-order valence-corrected chi connectivity index (χ0v) is 15.4. The third-order valence-electron chi connectivity index (χ3n) is 3.80. The summed E-state index contributed by atoms with van der Waals surface area (Å²) in [4.78, 5) is 27.6. The highest BCUT2D eigenvalue weighted by atomic mass is 35.5. The molecule has 130 valence electrons. The Kier molecular flexibility index (Phi) is 5.11. The van der Waals surface area contributed by atoms with Crippen LogP contribution in [0.2, 0.25) is 5.02 Å². The summed E-state index contributed by atoms with van der Waals surface area (Å²) in [6.07, 6.45) is 0.697. The number of carbonyl (C=O) groups is 2. The van der Waals surface area contributed by atoms with E-state index in [0.717, 1.165) is 4.88 Å². The summed E-state index contributed by atoms with van der Waals surface area (Å²) in [6, 6.07) is 8.76. The fourth-order valence-electron chi connectivity index (χ4n) is 2.68. The fraction of sp³-hybridized carbons (Fsp3) is 0.222. The van der Waals surface area contributed by atoms with Crippen molar-refractivity contribution in [2.24, 2.45) is 0 Å². The van der Waals surface area contributed by atoms with Crippen molar-refractivity contribution in [1.82, 2.24) is 4.90 Å². The van der Waals surface area contributed by atoms with Crippen molar-refractivity contribution in [3.63, 3.8) is 0 Å². The van der Waals surface area contributed by atoms with E-state index in [1.165, 1.54) is 23.3 Å². The molecule has 25 heavy (non-hydrogen) atoms. The van der Waals surface area contributed by atoms with E-state index in [9.17, 15) is 9.59 Å². The number of hydrogen-bond donors (Lipinski definition) is 1. The molecule has 0 unspecified atom stereocenters. The number of nitrogens with zero attached hydrogens (tertiary/aromatic N) is 1. The summed E-state index contributed by atoms with van der Waals surface area (Å²) in [6.45, 7) is 2.31. The molecule has 2 heterocycles. The van der Waals surface area contributed by atoms with E-state index in [1.54, 1.807) is 18.2 Å². The summed E-state index contributed by atoms with van der Waals surface area (Å²) in [7, 11) is 1.54. The zero-order valence-electron chi connectivity index (χ0n) is 13.8. The van der Waals surface area contributed by atoms with Crippen LogP contribution in [-0.4, -0.2) is 30.4 Å². The van der Waals surface area contributed by atoms with Crippen molar-refractivity contribution in [2.45, 2.75) is 13.3 Å². The van der Waals surface area contributed by atoms with Gasteiger partial charge in [0, 0.05) is 16.4 Å². The minimum atomic E-state index is -0.336. The number of thiophene rings is 1. The topological polar surface area (TPSA) is 58.6 Å². The van der Waals surface area contributed by atoms with Crippen molar-refractivity contribution >= 4 is 46.0 Å². The molecule has 0 bridgehead atoms. The minimum Gasteiger partial charge on any atom is -0.495 e. The quantitative estimate of drug-likeness (QED) is 0.774. The van der Waals surface area contributed by atoms with Gasteiger partial charge in [0.25, 0.3) is 11.8 Å². The van der Waals surface area contributed by atoms with Gasteiger partial charge in [-0.15, -0.1) is 11.3 Å². The van der Waals surface area contributed by atoms with E-state index < -0.39 is 0 Å². The maximum atomic E-state index is 12.8. The van der Waals surface area contributed by atoms with E-state index >= 15 is 0 Å². The van der Waals surface area contributed by atoms with Crippen molar-refractivity contribution in [3.05, 3.63) is 51.3 Å². The van der Waals surface area contributed by atoms with Crippen LogP contribution < -0.4 is 10.1 Å². The van der Waals surface area contributed by atoms with Crippen LogP contribution in [-0.2, 0) is 9.59 Å². The second-order valence-corrected chi connectivity index (χ2v) is 6.84. The monoisotopic (exact) mass is 376 g/mol. The molecule has 0 saturated carbocycles. The number of hydrogen-bond acceptors (Lipinski definition) is 5. The molecule has 0 saturated heterocycles. The van der Waals surface area contributed by atoms with Crippen molar-refractivity contribution in [3.8, 4) is 5.75 Å². The summed E-state index contributed by atoms with van der Waals surface area (Å²) in [5.41, 5.74) is 1.18. The van der Waals surface area contributed by atoms with Gasteiger partial charge in [-0.1, -0.05) is 24.6 Å². The number of amides is 2. The van der Waals surface area contributed by atoms with Crippen LogP contribution in [0, 0.1) is 0 Å². The Bertz CT molecular complexity index is 846. The molecule has 1 aromatic heterocycles. The Hall–Kier alpha value is -2.31. The summed E-state index contributed by atoms with van der Waals surface area (Å²) in [5, 5.41) is 5.45. The number of carbonyl (C=O) groups excluding carboxylic acids is 2. The van der Waals surface area contributed by atoms with Gasteiger partial charge in [-0.25, -0.2) is 0 Å². The highest BCUT2D eigenvalue weighted by Crippen LogP contribution is 2.35. The Balaban J connectivity index is 2.08. The molecule has 1 aliphatic rings. The second-order valence-electron chi connectivity index (χ2n) is 5.46. The van der Waals surface area contributed by atoms with E-state index in [1.807, 2.05) is 24.4 Å². The largest absolute Gasteiger partial charge is 0.495 e. The molecule has 2 amide bonds. The molecule has 0 fully saturated rings. The molecule has 0 aliphatic carbocycles. The van der Waals surface area contributed by atoms with Crippen LogP contribution in [0.1, 0.15) is 18.2 Å². The van der Waals surface area contributed by atoms with E-state index in [2.05, 4.69) is 5.32 Å². The number of anilines is 1. The Labute approximate surface area is 154 Å². The van der Waals surface area contributed by atoms with Gasteiger partial charge in [-0.3, -0.25) is 14.5 Å². The minimum absolute atomic E-state index is 0.251. The van der Waals surface area contributed by atoms with Gasteiger partial charge in [0.05, 0.1) is 18.4 Å². The Morgan fingerprint density at radius 2 is 2.04 bits per heavy atom. The highest BCUT2D eigenvalue weighted by Gasteiger charge is 2.39. The van der Waals surface area contributed by atoms with Gasteiger partial charge >= 0.3 is 0 Å². The predicted octanol–water partition coefficient (Wildman–Crippen LogP) is 4.01. The third kappa shape index (κ3) is 3.27. The van der Waals surface area contributed by atoms with Gasteiger partial charge < -0.3 is 10.1 Å². The van der Waals surface area contributed by atoms with Gasteiger partial charge in [0.2, 0.25) is 0 Å². The molecular weight excluding hydrogens is 360 g/mol. The normalized spacial score (nSPS) is 14.4. The molecule has 7 heteroatoms. The summed E-state index contributed by atoms with van der Waals surface area (Å²) < 4.78 is 5.32. The van der Waals surface area contributed by atoms with E-state index in [-0.39, 0.29) is 17.5 Å². The molecule has 0 atom stereocenters. The molecule has 0 radical (unpaired) electrons. The first-order valence-corrected chi connectivity index (χ1v) is 9.07. The number of nitrogens with one attached hydrogen (secondary N) is 1. The van der Waals surface area contributed by atoms with Gasteiger partial charge in [-0.05, 0) is 36.1 Å². The van der Waals surface area contributed by atoms with E-state index in [4.69, 9.17) is 16.3 Å².